The van der Waals surface area contributed by atoms with Gasteiger partial charge in [-0.2, -0.15) is 0 Å². The number of nitrogens with zero attached hydrogens (tertiary/aromatic N) is 1. The van der Waals surface area contributed by atoms with Crippen molar-refractivity contribution in [1.29, 1.82) is 0 Å². The van der Waals surface area contributed by atoms with E-state index in [0.717, 1.165) is 38.2 Å². The van der Waals surface area contributed by atoms with Gasteiger partial charge < -0.3 is 4.74 Å². The van der Waals surface area contributed by atoms with Crippen LogP contribution in [0.15, 0.2) is 11.4 Å². The van der Waals surface area contributed by atoms with Gasteiger partial charge in [-0.05, 0) is 23.4 Å². The summed E-state index contributed by atoms with van der Waals surface area (Å²) in [6.07, 6.45) is 1.33. The van der Waals surface area contributed by atoms with Crippen LogP contribution in [0.3, 0.4) is 0 Å². The van der Waals surface area contributed by atoms with Crippen LogP contribution in [0.2, 0.25) is 0 Å². The first-order chi connectivity index (χ1) is 8.74. The molecule has 0 saturated carbocycles. The van der Waals surface area contributed by atoms with Crippen LogP contribution in [0.25, 0.3) is 0 Å². The van der Waals surface area contributed by atoms with Crippen molar-refractivity contribution in [2.75, 3.05) is 19.7 Å². The third kappa shape index (κ3) is 3.08. The zero-order valence-electron chi connectivity index (χ0n) is 10.5. The molecular weight excluding hydrogens is 250 g/mol. The van der Waals surface area contributed by atoms with Crippen LogP contribution in [-0.4, -0.2) is 36.6 Å². The van der Waals surface area contributed by atoms with Crippen LogP contribution < -0.4 is 11.3 Å². The summed E-state index contributed by atoms with van der Waals surface area (Å²) in [6.45, 7) is 5.52. The quantitative estimate of drug-likeness (QED) is 0.485. The molecule has 0 aromatic carbocycles. The smallest absolute Gasteiger partial charge is 0.275 e. The Morgan fingerprint density at radius 3 is 3.28 bits per heavy atom. The number of hydrogen-bond donors (Lipinski definition) is 2. The highest BCUT2D eigenvalue weighted by Gasteiger charge is 2.21. The van der Waals surface area contributed by atoms with E-state index in [4.69, 9.17) is 10.6 Å². The molecule has 0 bridgehead atoms. The van der Waals surface area contributed by atoms with Crippen molar-refractivity contribution in [2.45, 2.75) is 26.0 Å². The number of carbonyl (C=O) groups excluding carboxylic acids is 1. The molecule has 2 heterocycles. The van der Waals surface area contributed by atoms with Crippen LogP contribution in [0, 0.1) is 0 Å². The van der Waals surface area contributed by atoms with Gasteiger partial charge in [0.05, 0.1) is 17.6 Å². The van der Waals surface area contributed by atoms with Gasteiger partial charge in [-0.3, -0.25) is 15.1 Å². The number of rotatable bonds is 4. The zero-order valence-corrected chi connectivity index (χ0v) is 11.3. The Balaban J connectivity index is 2.00. The molecule has 1 aromatic heterocycles. The maximum Gasteiger partial charge on any atom is 0.275 e. The Labute approximate surface area is 111 Å². The number of carbonyl (C=O) groups is 1. The van der Waals surface area contributed by atoms with Gasteiger partial charge in [0, 0.05) is 19.6 Å². The topological polar surface area (TPSA) is 67.6 Å². The van der Waals surface area contributed by atoms with Gasteiger partial charge in [0.2, 0.25) is 0 Å². The lowest BCUT2D eigenvalue weighted by Crippen LogP contribution is -2.41. The Kier molecular flexibility index (Phi) is 4.71. The van der Waals surface area contributed by atoms with E-state index in [1.54, 1.807) is 0 Å². The molecule has 18 heavy (non-hydrogen) atoms. The first-order valence-electron chi connectivity index (χ1n) is 6.15. The maximum absolute atomic E-state index is 11.6. The number of hydrogen-bond acceptors (Lipinski definition) is 5. The van der Waals surface area contributed by atoms with Crippen LogP contribution in [0.4, 0.5) is 0 Å². The zero-order chi connectivity index (χ0) is 13.0. The number of amides is 1. The van der Waals surface area contributed by atoms with E-state index in [1.807, 2.05) is 11.4 Å². The highest BCUT2D eigenvalue weighted by atomic mass is 32.1. The van der Waals surface area contributed by atoms with E-state index in [2.05, 4.69) is 17.2 Å². The van der Waals surface area contributed by atoms with E-state index in [9.17, 15) is 4.79 Å². The van der Waals surface area contributed by atoms with Gasteiger partial charge in [0.1, 0.15) is 0 Å². The normalized spacial score (nSPS) is 20.9. The van der Waals surface area contributed by atoms with Gasteiger partial charge in [0.15, 0.2) is 0 Å². The number of hydrazine groups is 1. The molecular formula is C12H19N3O2S. The lowest BCUT2D eigenvalue weighted by Gasteiger charge is -2.32. The van der Waals surface area contributed by atoms with Gasteiger partial charge >= 0.3 is 0 Å². The molecule has 2 rings (SSSR count). The summed E-state index contributed by atoms with van der Waals surface area (Å²) >= 11 is 1.43. The average Bonchev–Trinajstić information content (AvgIpc) is 2.86. The Morgan fingerprint density at radius 2 is 2.56 bits per heavy atom. The molecule has 0 aliphatic carbocycles. The third-order valence-corrected chi connectivity index (χ3v) is 4.11. The van der Waals surface area contributed by atoms with E-state index in [-0.39, 0.29) is 5.91 Å². The second-order valence-electron chi connectivity index (χ2n) is 4.38. The predicted octanol–water partition coefficient (Wildman–Crippen LogP) is 0.962. The van der Waals surface area contributed by atoms with Gasteiger partial charge in [-0.15, -0.1) is 11.3 Å². The first kappa shape index (κ1) is 13.5. The number of thiophene rings is 1. The van der Waals surface area contributed by atoms with E-state index in [1.165, 1.54) is 11.3 Å². The Bertz CT molecular complexity index is 408. The van der Waals surface area contributed by atoms with Gasteiger partial charge in [-0.1, -0.05) is 6.92 Å². The van der Waals surface area contributed by atoms with E-state index >= 15 is 0 Å². The summed E-state index contributed by atoms with van der Waals surface area (Å²) in [4.78, 5) is 14.6. The van der Waals surface area contributed by atoms with Crippen LogP contribution in [-0.2, 0) is 11.3 Å². The highest BCUT2D eigenvalue weighted by molar-refractivity contribution is 7.12. The highest BCUT2D eigenvalue weighted by Crippen LogP contribution is 2.20. The molecule has 3 N–H and O–H groups in total. The molecule has 1 aromatic rings. The number of nitrogens with two attached hydrogens (primary N) is 1. The molecule has 1 atom stereocenters. The summed E-state index contributed by atoms with van der Waals surface area (Å²) < 4.78 is 5.64. The molecule has 1 amide bonds. The summed E-state index contributed by atoms with van der Waals surface area (Å²) in [6, 6.07) is 1.99. The summed E-state index contributed by atoms with van der Waals surface area (Å²) in [5.41, 5.74) is 3.23. The fourth-order valence-electron chi connectivity index (χ4n) is 2.14. The first-order valence-corrected chi connectivity index (χ1v) is 7.03. The van der Waals surface area contributed by atoms with Gasteiger partial charge in [-0.25, -0.2) is 5.84 Å². The molecule has 1 saturated heterocycles. The van der Waals surface area contributed by atoms with Crippen molar-refractivity contribution in [3.63, 3.8) is 0 Å². The van der Waals surface area contributed by atoms with Crippen LogP contribution >= 0.6 is 11.3 Å². The maximum atomic E-state index is 11.6. The standard InChI is InChI=1S/C12H19N3O2S/c1-2-10-8-15(4-5-17-10)7-9-3-6-18-11(9)12(16)14-13/h3,6,10H,2,4-5,7-8,13H2,1H3,(H,14,16). The molecule has 6 heteroatoms. The molecule has 5 nitrogen and oxygen atoms in total. The molecule has 0 radical (unpaired) electrons. The minimum atomic E-state index is -0.208. The van der Waals surface area contributed by atoms with Crippen molar-refractivity contribution in [3.05, 3.63) is 21.9 Å². The summed E-state index contributed by atoms with van der Waals surface area (Å²) in [5, 5.41) is 1.93. The monoisotopic (exact) mass is 269 g/mol. The van der Waals surface area contributed by atoms with Crippen LogP contribution in [0.1, 0.15) is 28.6 Å². The predicted molar refractivity (Wildman–Crippen MR) is 71.3 cm³/mol. The average molecular weight is 269 g/mol. The molecule has 0 spiro atoms. The minimum Gasteiger partial charge on any atom is -0.376 e. The fraction of sp³-hybridized carbons (Fsp3) is 0.583. The molecule has 1 aliphatic heterocycles. The number of morpholine rings is 1. The molecule has 1 unspecified atom stereocenters. The van der Waals surface area contributed by atoms with Crippen molar-refractivity contribution >= 4 is 17.2 Å². The summed E-state index contributed by atoms with van der Waals surface area (Å²) in [5.74, 6) is 4.97. The van der Waals surface area contributed by atoms with Crippen molar-refractivity contribution in [2.24, 2.45) is 5.84 Å². The second kappa shape index (κ2) is 6.29. The van der Waals surface area contributed by atoms with E-state index in [0.29, 0.717) is 11.0 Å². The van der Waals surface area contributed by atoms with Crippen LogP contribution in [0.5, 0.6) is 0 Å². The number of nitrogens with one attached hydrogen (secondary N) is 1. The number of nitrogen functional groups attached to an aromatic ring is 1. The van der Waals surface area contributed by atoms with Crippen molar-refractivity contribution in [1.82, 2.24) is 10.3 Å². The molecule has 100 valence electrons. The fourth-order valence-corrected chi connectivity index (χ4v) is 2.96. The molecule has 1 fully saturated rings. The van der Waals surface area contributed by atoms with Crippen molar-refractivity contribution < 1.29 is 9.53 Å². The largest absolute Gasteiger partial charge is 0.376 e. The lowest BCUT2D eigenvalue weighted by molar-refractivity contribution is -0.0324. The summed E-state index contributed by atoms with van der Waals surface area (Å²) in [7, 11) is 0. The van der Waals surface area contributed by atoms with Crippen molar-refractivity contribution in [3.8, 4) is 0 Å². The Morgan fingerprint density at radius 1 is 1.72 bits per heavy atom. The third-order valence-electron chi connectivity index (χ3n) is 3.16. The SMILES string of the molecule is CCC1CN(Cc2ccsc2C(=O)NN)CCO1. The lowest BCUT2D eigenvalue weighted by atomic mass is 10.2. The Hall–Kier alpha value is -0.950. The second-order valence-corrected chi connectivity index (χ2v) is 5.30. The number of ether oxygens (including phenoxy) is 1. The van der Waals surface area contributed by atoms with E-state index < -0.39 is 0 Å². The molecule has 1 aliphatic rings. The minimum absolute atomic E-state index is 0.208. The van der Waals surface area contributed by atoms with Gasteiger partial charge in [0.25, 0.3) is 5.91 Å².